The van der Waals surface area contributed by atoms with Crippen LogP contribution >= 0.6 is 0 Å². The molecule has 22 heavy (non-hydrogen) atoms. The summed E-state index contributed by atoms with van der Waals surface area (Å²) in [6.07, 6.45) is 0. The highest BCUT2D eigenvalue weighted by molar-refractivity contribution is 6.11. The van der Waals surface area contributed by atoms with Gasteiger partial charge in [0.05, 0.1) is 22.2 Å². The number of nitrogens with zero attached hydrogens (tertiary/aromatic N) is 2. The van der Waals surface area contributed by atoms with Crippen LogP contribution in [0.2, 0.25) is 0 Å². The van der Waals surface area contributed by atoms with Gasteiger partial charge >= 0.3 is 0 Å². The minimum Gasteiger partial charge on any atom is -0.507 e. The minimum atomic E-state index is 0.0445. The first-order chi connectivity index (χ1) is 10.6. The molecule has 0 spiro atoms. The number of aryl methyl sites for hydroxylation is 2. The molecule has 2 aromatic carbocycles. The molecule has 0 aliphatic heterocycles. The van der Waals surface area contributed by atoms with Crippen LogP contribution in [-0.4, -0.2) is 20.0 Å². The van der Waals surface area contributed by atoms with Gasteiger partial charge in [-0.2, -0.15) is 9.78 Å². The Morgan fingerprint density at radius 2 is 1.77 bits per heavy atom. The number of phenols is 2. The monoisotopic (exact) mass is 294 g/mol. The van der Waals surface area contributed by atoms with E-state index in [9.17, 15) is 10.2 Å². The van der Waals surface area contributed by atoms with Crippen molar-refractivity contribution in [3.63, 3.8) is 0 Å². The number of aromatic nitrogens is 2. The average Bonchev–Trinajstić information content (AvgIpc) is 3.05. The number of furan rings is 1. The lowest BCUT2D eigenvalue weighted by Gasteiger charge is -2.02. The van der Waals surface area contributed by atoms with Crippen molar-refractivity contribution in [2.24, 2.45) is 0 Å². The first-order valence-electron chi connectivity index (χ1n) is 6.96. The van der Waals surface area contributed by atoms with Crippen molar-refractivity contribution >= 4 is 22.1 Å². The van der Waals surface area contributed by atoms with Gasteiger partial charge in [0, 0.05) is 0 Å². The van der Waals surface area contributed by atoms with Crippen molar-refractivity contribution in [2.45, 2.75) is 13.8 Å². The van der Waals surface area contributed by atoms with Gasteiger partial charge in [-0.3, -0.25) is 0 Å². The van der Waals surface area contributed by atoms with E-state index in [1.54, 1.807) is 11.6 Å². The highest BCUT2D eigenvalue weighted by Gasteiger charge is 2.22. The summed E-state index contributed by atoms with van der Waals surface area (Å²) in [6.45, 7) is 3.57. The highest BCUT2D eigenvalue weighted by Crippen LogP contribution is 2.43. The van der Waals surface area contributed by atoms with Crippen LogP contribution < -0.4 is 0 Å². The standard InChI is InChI=1S/C17H14N2O3/c1-9-8-12(20)14-13-10(2)18-19(11-6-4-3-5-7-11)17(13)22-16(14)15(9)21/h3-8,20-21H,1-2H3. The van der Waals surface area contributed by atoms with Gasteiger partial charge in [0.15, 0.2) is 11.3 Å². The highest BCUT2D eigenvalue weighted by atomic mass is 16.4. The fraction of sp³-hybridized carbons (Fsp3) is 0.118. The van der Waals surface area contributed by atoms with Crippen molar-refractivity contribution < 1.29 is 14.6 Å². The summed E-state index contributed by atoms with van der Waals surface area (Å²) < 4.78 is 7.52. The Morgan fingerprint density at radius 3 is 2.50 bits per heavy atom. The molecule has 5 nitrogen and oxygen atoms in total. The summed E-state index contributed by atoms with van der Waals surface area (Å²) in [5.74, 6) is 0.128. The zero-order valence-corrected chi connectivity index (χ0v) is 12.2. The Morgan fingerprint density at radius 1 is 1.05 bits per heavy atom. The maximum absolute atomic E-state index is 10.3. The number of benzene rings is 2. The van der Waals surface area contributed by atoms with Crippen LogP contribution in [0.1, 0.15) is 11.3 Å². The van der Waals surface area contributed by atoms with Crippen LogP contribution in [0.15, 0.2) is 40.8 Å². The van der Waals surface area contributed by atoms with Crippen molar-refractivity contribution in [3.8, 4) is 17.2 Å². The molecule has 4 rings (SSSR count). The number of hydrogen-bond donors (Lipinski definition) is 2. The van der Waals surface area contributed by atoms with Crippen LogP contribution in [0.3, 0.4) is 0 Å². The molecule has 0 saturated heterocycles. The van der Waals surface area contributed by atoms with E-state index in [2.05, 4.69) is 5.10 Å². The first-order valence-corrected chi connectivity index (χ1v) is 6.96. The molecule has 0 amide bonds. The summed E-state index contributed by atoms with van der Waals surface area (Å²) in [5, 5.41) is 26.2. The van der Waals surface area contributed by atoms with Crippen LogP contribution in [0.25, 0.3) is 27.8 Å². The molecule has 0 radical (unpaired) electrons. The van der Waals surface area contributed by atoms with Gasteiger partial charge in [-0.25, -0.2) is 0 Å². The normalized spacial score (nSPS) is 11.5. The van der Waals surface area contributed by atoms with Gasteiger partial charge in [-0.15, -0.1) is 0 Å². The maximum Gasteiger partial charge on any atom is 0.231 e. The number of fused-ring (bicyclic) bond motifs is 3. The topological polar surface area (TPSA) is 71.4 Å². The summed E-state index contributed by atoms with van der Waals surface area (Å²) in [7, 11) is 0. The Labute approximate surface area is 126 Å². The third-order valence-electron chi connectivity index (χ3n) is 3.89. The molecule has 2 aromatic heterocycles. The largest absolute Gasteiger partial charge is 0.507 e. The second-order valence-corrected chi connectivity index (χ2v) is 5.38. The molecule has 0 saturated carbocycles. The maximum atomic E-state index is 10.3. The summed E-state index contributed by atoms with van der Waals surface area (Å²) in [6, 6.07) is 11.1. The third-order valence-corrected chi connectivity index (χ3v) is 3.89. The van der Waals surface area contributed by atoms with Gasteiger partial charge in [0.25, 0.3) is 0 Å². The van der Waals surface area contributed by atoms with E-state index >= 15 is 0 Å². The molecular formula is C17H14N2O3. The van der Waals surface area contributed by atoms with Crippen molar-refractivity contribution in [3.05, 3.63) is 47.7 Å². The predicted octanol–water partition coefficient (Wildman–Crippen LogP) is 3.80. The zero-order valence-electron chi connectivity index (χ0n) is 12.2. The third kappa shape index (κ3) is 1.56. The van der Waals surface area contributed by atoms with E-state index in [0.717, 1.165) is 11.4 Å². The molecule has 2 N–H and O–H groups in total. The Bertz CT molecular complexity index is 1010. The molecule has 110 valence electrons. The number of aromatic hydroxyl groups is 2. The first kappa shape index (κ1) is 12.8. The van der Waals surface area contributed by atoms with E-state index in [1.807, 2.05) is 37.3 Å². The Balaban J connectivity index is 2.18. The zero-order chi connectivity index (χ0) is 15.4. The molecule has 0 aliphatic carbocycles. The number of para-hydroxylation sites is 1. The SMILES string of the molecule is Cc1cc(O)c2c(oc3c2c(C)nn3-c2ccccc2)c1O. The summed E-state index contributed by atoms with van der Waals surface area (Å²) >= 11 is 0. The molecule has 4 aromatic rings. The van der Waals surface area contributed by atoms with E-state index in [4.69, 9.17) is 4.42 Å². The van der Waals surface area contributed by atoms with Crippen LogP contribution in [-0.2, 0) is 0 Å². The van der Waals surface area contributed by atoms with E-state index in [0.29, 0.717) is 22.0 Å². The fourth-order valence-corrected chi connectivity index (χ4v) is 2.83. The van der Waals surface area contributed by atoms with E-state index in [1.165, 1.54) is 6.07 Å². The van der Waals surface area contributed by atoms with Crippen molar-refractivity contribution in [1.82, 2.24) is 9.78 Å². The average molecular weight is 294 g/mol. The van der Waals surface area contributed by atoms with Gasteiger partial charge in [-0.05, 0) is 37.6 Å². The molecule has 0 unspecified atom stereocenters. The van der Waals surface area contributed by atoms with Crippen molar-refractivity contribution in [1.29, 1.82) is 0 Å². The molecule has 0 fully saturated rings. The van der Waals surface area contributed by atoms with Crippen LogP contribution in [0.4, 0.5) is 0 Å². The second kappa shape index (κ2) is 4.27. The van der Waals surface area contributed by atoms with Crippen molar-refractivity contribution in [2.75, 3.05) is 0 Å². The lowest BCUT2D eigenvalue weighted by Crippen LogP contribution is -1.95. The molecule has 0 bridgehead atoms. The predicted molar refractivity (Wildman–Crippen MR) is 83.6 cm³/mol. The van der Waals surface area contributed by atoms with Crippen LogP contribution in [0, 0.1) is 13.8 Å². The molecule has 0 atom stereocenters. The number of phenolic OH excluding ortho intramolecular Hbond substituents is 2. The van der Waals surface area contributed by atoms with Crippen LogP contribution in [0.5, 0.6) is 11.5 Å². The quantitative estimate of drug-likeness (QED) is 0.524. The molecule has 5 heteroatoms. The Kier molecular flexibility index (Phi) is 2.48. The lowest BCUT2D eigenvalue weighted by molar-refractivity contribution is 0.455. The van der Waals surface area contributed by atoms with Gasteiger partial charge < -0.3 is 14.6 Å². The molecule has 2 heterocycles. The van der Waals surface area contributed by atoms with Gasteiger partial charge in [0.2, 0.25) is 5.71 Å². The van der Waals surface area contributed by atoms with Gasteiger partial charge in [0.1, 0.15) is 5.75 Å². The van der Waals surface area contributed by atoms with E-state index in [-0.39, 0.29) is 17.1 Å². The molecular weight excluding hydrogens is 280 g/mol. The smallest absolute Gasteiger partial charge is 0.231 e. The van der Waals surface area contributed by atoms with Gasteiger partial charge in [-0.1, -0.05) is 18.2 Å². The summed E-state index contributed by atoms with van der Waals surface area (Å²) in [5.41, 5.74) is 2.96. The molecule has 0 aliphatic rings. The van der Waals surface area contributed by atoms with E-state index < -0.39 is 0 Å². The minimum absolute atomic E-state index is 0.0445. The number of hydrogen-bond acceptors (Lipinski definition) is 4. The summed E-state index contributed by atoms with van der Waals surface area (Å²) in [4.78, 5) is 0. The number of rotatable bonds is 1. The lowest BCUT2D eigenvalue weighted by atomic mass is 10.1. The Hall–Kier alpha value is -2.95. The fourth-order valence-electron chi connectivity index (χ4n) is 2.83. The second-order valence-electron chi connectivity index (χ2n) is 5.38.